The summed E-state index contributed by atoms with van der Waals surface area (Å²) in [7, 11) is 2.12. The summed E-state index contributed by atoms with van der Waals surface area (Å²) in [4.78, 5) is 2.30. The van der Waals surface area contributed by atoms with Crippen LogP contribution in [0.5, 0.6) is 0 Å². The van der Waals surface area contributed by atoms with E-state index in [-0.39, 0.29) is 11.5 Å². The number of hydrogen-bond acceptors (Lipinski definition) is 3. The molecule has 2 fully saturated rings. The minimum Gasteiger partial charge on any atom is -0.326 e. The number of nitrogens with zero attached hydrogens (tertiary/aromatic N) is 2. The molecule has 0 aromatic heterocycles. The maximum absolute atomic E-state index is 9.01. The predicted octanol–water partition coefficient (Wildman–Crippen LogP) is 0.569. The molecule has 0 bridgehead atoms. The van der Waals surface area contributed by atoms with Crippen LogP contribution in [0.4, 0.5) is 0 Å². The van der Waals surface area contributed by atoms with E-state index >= 15 is 0 Å². The van der Waals surface area contributed by atoms with E-state index in [1.807, 2.05) is 0 Å². The van der Waals surface area contributed by atoms with E-state index in [1.54, 1.807) is 0 Å². The van der Waals surface area contributed by atoms with Crippen LogP contribution >= 0.6 is 0 Å². The van der Waals surface area contributed by atoms with E-state index < -0.39 is 0 Å². The highest BCUT2D eigenvalue weighted by Crippen LogP contribution is 2.50. The first-order valence-electron chi connectivity index (χ1n) is 5.03. The molecule has 1 aliphatic carbocycles. The van der Waals surface area contributed by atoms with E-state index in [0.29, 0.717) is 5.92 Å². The second kappa shape index (κ2) is 2.97. The van der Waals surface area contributed by atoms with Crippen molar-refractivity contribution >= 4 is 0 Å². The van der Waals surface area contributed by atoms with Gasteiger partial charge in [-0.3, -0.25) is 0 Å². The van der Waals surface area contributed by atoms with Gasteiger partial charge in [-0.05, 0) is 38.8 Å². The first-order chi connectivity index (χ1) is 6.18. The van der Waals surface area contributed by atoms with Gasteiger partial charge in [-0.2, -0.15) is 5.26 Å². The highest BCUT2D eigenvalue weighted by molar-refractivity contribution is 5.17. The summed E-state index contributed by atoms with van der Waals surface area (Å²) >= 11 is 0. The van der Waals surface area contributed by atoms with Crippen molar-refractivity contribution in [3.8, 4) is 6.07 Å². The maximum Gasteiger partial charge on any atom is 0.0729 e. The predicted molar refractivity (Wildman–Crippen MR) is 50.9 cm³/mol. The van der Waals surface area contributed by atoms with Crippen LogP contribution in [-0.4, -0.2) is 31.1 Å². The summed E-state index contributed by atoms with van der Waals surface area (Å²) in [6.45, 7) is 2.21. The smallest absolute Gasteiger partial charge is 0.0729 e. The molecule has 3 nitrogen and oxygen atoms in total. The highest BCUT2D eigenvalue weighted by Gasteiger charge is 2.51. The third-order valence-corrected chi connectivity index (χ3v) is 3.59. The molecule has 0 aromatic rings. The Balaban J connectivity index is 1.98. The third kappa shape index (κ3) is 1.45. The molecule has 1 saturated heterocycles. The Kier molecular flexibility index (Phi) is 2.05. The molecule has 0 radical (unpaired) electrons. The summed E-state index contributed by atoms with van der Waals surface area (Å²) in [6.07, 6.45) is 3.21. The van der Waals surface area contributed by atoms with Crippen LogP contribution in [0.15, 0.2) is 0 Å². The van der Waals surface area contributed by atoms with Crippen LogP contribution in [0, 0.1) is 22.7 Å². The van der Waals surface area contributed by atoms with Gasteiger partial charge in [0.05, 0.1) is 11.5 Å². The van der Waals surface area contributed by atoms with Crippen molar-refractivity contribution in [2.45, 2.75) is 25.3 Å². The molecule has 1 saturated carbocycles. The Labute approximate surface area is 79.5 Å². The second-order valence-corrected chi connectivity index (χ2v) is 4.60. The van der Waals surface area contributed by atoms with Gasteiger partial charge < -0.3 is 10.6 Å². The van der Waals surface area contributed by atoms with Gasteiger partial charge in [0.2, 0.25) is 0 Å². The first kappa shape index (κ1) is 8.98. The summed E-state index contributed by atoms with van der Waals surface area (Å²) in [5.74, 6) is 0.548. The minimum absolute atomic E-state index is 0.113. The largest absolute Gasteiger partial charge is 0.326 e. The molecule has 13 heavy (non-hydrogen) atoms. The number of nitrogens with two attached hydrogens (primary N) is 1. The van der Waals surface area contributed by atoms with Gasteiger partial charge in [0.1, 0.15) is 0 Å². The zero-order valence-corrected chi connectivity index (χ0v) is 8.16. The van der Waals surface area contributed by atoms with Gasteiger partial charge in [-0.25, -0.2) is 0 Å². The van der Waals surface area contributed by atoms with Crippen LogP contribution in [0.25, 0.3) is 0 Å². The molecule has 72 valence electrons. The molecule has 2 atom stereocenters. The fourth-order valence-corrected chi connectivity index (χ4v) is 2.37. The normalized spacial score (nSPS) is 34.1. The molecule has 3 heteroatoms. The van der Waals surface area contributed by atoms with Crippen molar-refractivity contribution in [1.82, 2.24) is 4.90 Å². The molecule has 2 aliphatic rings. The second-order valence-electron chi connectivity index (χ2n) is 4.60. The molecule has 0 spiro atoms. The molecule has 2 rings (SSSR count). The van der Waals surface area contributed by atoms with Gasteiger partial charge in [0.15, 0.2) is 0 Å². The Hall–Kier alpha value is -0.590. The summed E-state index contributed by atoms with van der Waals surface area (Å²) in [5, 5.41) is 9.01. The number of rotatable bonds is 2. The van der Waals surface area contributed by atoms with Crippen molar-refractivity contribution < 1.29 is 0 Å². The number of nitriles is 1. The summed E-state index contributed by atoms with van der Waals surface area (Å²) in [6, 6.07) is 2.51. The molecule has 1 heterocycles. The van der Waals surface area contributed by atoms with Gasteiger partial charge in [-0.1, -0.05) is 0 Å². The zero-order valence-electron chi connectivity index (χ0n) is 8.16. The molecular formula is C10H17N3. The lowest BCUT2D eigenvalue weighted by atomic mass is 9.87. The Morgan fingerprint density at radius 2 is 2.31 bits per heavy atom. The third-order valence-electron chi connectivity index (χ3n) is 3.59. The van der Waals surface area contributed by atoms with Gasteiger partial charge in [0.25, 0.3) is 0 Å². The lowest BCUT2D eigenvalue weighted by Crippen LogP contribution is -2.39. The van der Waals surface area contributed by atoms with Gasteiger partial charge in [-0.15, -0.1) is 0 Å². The van der Waals surface area contributed by atoms with Gasteiger partial charge in [0, 0.05) is 12.6 Å². The fourth-order valence-electron chi connectivity index (χ4n) is 2.37. The topological polar surface area (TPSA) is 53.0 Å². The quantitative estimate of drug-likeness (QED) is 0.674. The molecule has 1 aliphatic heterocycles. The van der Waals surface area contributed by atoms with Crippen molar-refractivity contribution in [3.63, 3.8) is 0 Å². The van der Waals surface area contributed by atoms with Crippen LogP contribution in [-0.2, 0) is 0 Å². The highest BCUT2D eigenvalue weighted by atomic mass is 15.1. The van der Waals surface area contributed by atoms with Crippen molar-refractivity contribution in [2.24, 2.45) is 17.1 Å². The maximum atomic E-state index is 9.01. The lowest BCUT2D eigenvalue weighted by Gasteiger charge is -2.23. The summed E-state index contributed by atoms with van der Waals surface area (Å²) < 4.78 is 0. The monoisotopic (exact) mass is 179 g/mol. The Morgan fingerprint density at radius 3 is 2.69 bits per heavy atom. The van der Waals surface area contributed by atoms with Crippen LogP contribution in [0.3, 0.4) is 0 Å². The van der Waals surface area contributed by atoms with Crippen LogP contribution in [0.1, 0.15) is 19.3 Å². The average Bonchev–Trinajstić information content (AvgIpc) is 2.82. The van der Waals surface area contributed by atoms with E-state index in [1.165, 1.54) is 6.42 Å². The number of likely N-dealkylation sites (tertiary alicyclic amines) is 1. The zero-order chi connectivity index (χ0) is 9.47. The van der Waals surface area contributed by atoms with Crippen molar-refractivity contribution in [3.05, 3.63) is 0 Å². The fraction of sp³-hybridized carbons (Fsp3) is 0.900. The SMILES string of the molecule is CN1CCC(C(N)C2(C#N)CC2)C1. The van der Waals surface area contributed by atoms with E-state index in [9.17, 15) is 0 Å². The molecular weight excluding hydrogens is 162 g/mol. The molecule has 0 aromatic carbocycles. The van der Waals surface area contributed by atoms with Crippen LogP contribution in [0.2, 0.25) is 0 Å². The van der Waals surface area contributed by atoms with Crippen molar-refractivity contribution in [2.75, 3.05) is 20.1 Å². The van der Waals surface area contributed by atoms with Crippen LogP contribution < -0.4 is 5.73 Å². The van der Waals surface area contributed by atoms with Crippen molar-refractivity contribution in [1.29, 1.82) is 5.26 Å². The van der Waals surface area contributed by atoms with E-state index in [4.69, 9.17) is 11.0 Å². The Bertz CT molecular complexity index is 239. The van der Waals surface area contributed by atoms with E-state index in [2.05, 4.69) is 18.0 Å². The first-order valence-corrected chi connectivity index (χ1v) is 5.03. The molecule has 2 unspecified atom stereocenters. The Morgan fingerprint density at radius 1 is 1.62 bits per heavy atom. The average molecular weight is 179 g/mol. The molecule has 0 amide bonds. The standard InChI is InChI=1S/C10H17N3/c1-13-5-2-8(6-13)9(12)10(7-11)3-4-10/h8-9H,2-6,12H2,1H3. The summed E-state index contributed by atoms with van der Waals surface area (Å²) in [5.41, 5.74) is 6.00. The lowest BCUT2D eigenvalue weighted by molar-refractivity contribution is 0.325. The molecule has 2 N–H and O–H groups in total. The van der Waals surface area contributed by atoms with E-state index in [0.717, 1.165) is 25.9 Å². The number of hydrogen-bond donors (Lipinski definition) is 1. The minimum atomic E-state index is -0.143. The van der Waals surface area contributed by atoms with Gasteiger partial charge >= 0.3 is 0 Å².